The number of hydrogen-bond acceptors (Lipinski definition) is 5. The molecule has 192 valence electrons. The van der Waals surface area contributed by atoms with E-state index in [9.17, 15) is 26.4 Å². The van der Waals surface area contributed by atoms with Crippen molar-refractivity contribution in [2.24, 2.45) is 0 Å². The van der Waals surface area contributed by atoms with Gasteiger partial charge < -0.3 is 21.3 Å². The molecule has 2 aromatic carbocycles. The van der Waals surface area contributed by atoms with Crippen molar-refractivity contribution in [1.82, 2.24) is 10.6 Å². The van der Waals surface area contributed by atoms with Gasteiger partial charge >= 0.3 is 5.51 Å². The number of hydrogen-bond donors (Lipinski definition) is 4. The number of carbonyl (C=O) groups is 1. The fraction of sp³-hybridized carbons (Fsp3) is 0.263. The van der Waals surface area contributed by atoms with Gasteiger partial charge in [0.05, 0.1) is 26.9 Å². The molecule has 1 atom stereocenters. The molecule has 4 N–H and O–H groups in total. The molecule has 0 radical (unpaired) electrons. The Bertz CT molecular complexity index is 1210. The summed E-state index contributed by atoms with van der Waals surface area (Å²) < 4.78 is 60.5. The van der Waals surface area contributed by atoms with Crippen molar-refractivity contribution in [2.45, 2.75) is 27.3 Å². The van der Waals surface area contributed by atoms with Crippen LogP contribution in [0.3, 0.4) is 0 Å². The highest BCUT2D eigenvalue weighted by Gasteiger charge is 2.47. The van der Waals surface area contributed by atoms with E-state index in [1.54, 1.807) is 19.1 Å². The lowest BCUT2D eigenvalue weighted by molar-refractivity contribution is -0.0436. The lowest BCUT2D eigenvalue weighted by Gasteiger charge is -2.28. The van der Waals surface area contributed by atoms with Gasteiger partial charge in [-0.3, -0.25) is 4.79 Å². The van der Waals surface area contributed by atoms with Gasteiger partial charge in [-0.2, -0.15) is 13.2 Å². The summed E-state index contributed by atoms with van der Waals surface area (Å²) in [5, 5.41) is 10.2. The van der Waals surface area contributed by atoms with E-state index < -0.39 is 36.1 Å². The molecule has 0 aliphatic heterocycles. The van der Waals surface area contributed by atoms with Crippen molar-refractivity contribution in [2.75, 3.05) is 17.2 Å². The molecule has 0 heterocycles. The van der Waals surface area contributed by atoms with E-state index in [0.29, 0.717) is 6.54 Å². The maximum atomic E-state index is 13.0. The van der Waals surface area contributed by atoms with E-state index in [1.165, 1.54) is 12.1 Å². The van der Waals surface area contributed by atoms with Crippen LogP contribution in [-0.2, 0) is 9.84 Å². The Kier molecular flexibility index (Phi) is 9.76. The van der Waals surface area contributed by atoms with Crippen LogP contribution in [0.25, 0.3) is 0 Å². The van der Waals surface area contributed by atoms with E-state index in [1.807, 2.05) is 0 Å². The first-order chi connectivity index (χ1) is 16.1. The Morgan fingerprint density at radius 1 is 1.06 bits per heavy atom. The zero-order chi connectivity index (χ0) is 26.6. The number of thiocarbonyl (C=S) groups is 1. The molecule has 1 unspecified atom stereocenters. The number of rotatable bonds is 7. The minimum Gasteiger partial charge on any atom is -0.384 e. The normalized spacial score (nSPS) is 13.0. The van der Waals surface area contributed by atoms with Gasteiger partial charge in [-0.15, -0.1) is 0 Å². The quantitative estimate of drug-likeness (QED) is 0.187. The summed E-state index contributed by atoms with van der Waals surface area (Å²) in [6.45, 7) is 2.06. The molecule has 1 amide bonds. The first kappa shape index (κ1) is 29.5. The second-order valence-corrected chi connectivity index (χ2v) is 11.8. The molecule has 7 nitrogen and oxygen atoms in total. The van der Waals surface area contributed by atoms with Crippen LogP contribution >= 0.6 is 58.6 Å². The fourth-order valence-corrected chi connectivity index (χ4v) is 4.18. The molecule has 0 aliphatic carbocycles. The van der Waals surface area contributed by atoms with E-state index in [0.717, 1.165) is 18.2 Å². The Labute approximate surface area is 224 Å². The van der Waals surface area contributed by atoms with Crippen molar-refractivity contribution in [3.63, 3.8) is 0 Å². The van der Waals surface area contributed by atoms with Crippen molar-refractivity contribution < 1.29 is 26.4 Å². The molecular weight excluding hydrogens is 595 g/mol. The Hall–Kier alpha value is -1.70. The molecule has 0 aliphatic rings. The first-order valence-electron chi connectivity index (χ1n) is 9.46. The molecule has 0 aromatic heterocycles. The topological polar surface area (TPSA) is 99.3 Å². The van der Waals surface area contributed by atoms with E-state index in [-0.39, 0.29) is 27.1 Å². The molecule has 2 rings (SSSR count). The number of alkyl halides is 6. The average molecular weight is 612 g/mol. The van der Waals surface area contributed by atoms with Crippen LogP contribution < -0.4 is 21.3 Å². The highest BCUT2D eigenvalue weighted by Crippen LogP contribution is 2.34. The second kappa shape index (κ2) is 11.6. The van der Waals surface area contributed by atoms with E-state index in [2.05, 4.69) is 21.3 Å². The third-order valence-electron chi connectivity index (χ3n) is 4.22. The molecule has 2 aromatic rings. The average Bonchev–Trinajstić information content (AvgIpc) is 2.73. The van der Waals surface area contributed by atoms with Crippen molar-refractivity contribution in [1.29, 1.82) is 0 Å². The zero-order valence-corrected chi connectivity index (χ0v) is 22.2. The largest absolute Gasteiger partial charge is 0.501 e. The summed E-state index contributed by atoms with van der Waals surface area (Å²) in [5.41, 5.74) is -5.31. The summed E-state index contributed by atoms with van der Waals surface area (Å²) in [5.74, 6) is -0.714. The number of halogens is 7. The maximum Gasteiger partial charge on any atom is 0.501 e. The lowest BCUT2D eigenvalue weighted by Crippen LogP contribution is -2.56. The first-order valence-corrected chi connectivity index (χ1v) is 12.9. The van der Waals surface area contributed by atoms with Crippen LogP contribution in [-0.4, -0.2) is 41.4 Å². The standard InChI is InChI=1S/C19H17Cl4F3N4O3S2/c1-2-27-13-8-7-10(35(32,33)19(24,25)26)9-14(13)28-17(34)30-16(18(21,22)23)29-15(31)11-5-3-4-6-12(11)20/h3-9,16,27H,2H2,1H3,(H,29,31)(H2,28,30,34). The Morgan fingerprint density at radius 3 is 2.23 bits per heavy atom. The second-order valence-electron chi connectivity index (χ2n) is 6.71. The number of nitrogens with one attached hydrogen (secondary N) is 4. The summed E-state index contributed by atoms with van der Waals surface area (Å²) >= 11 is 29.0. The van der Waals surface area contributed by atoms with Crippen LogP contribution in [0, 0.1) is 0 Å². The lowest BCUT2D eigenvalue weighted by atomic mass is 10.2. The third kappa shape index (κ3) is 7.64. The summed E-state index contributed by atoms with van der Waals surface area (Å²) in [6, 6.07) is 8.77. The molecule has 0 bridgehead atoms. The summed E-state index contributed by atoms with van der Waals surface area (Å²) in [7, 11) is -5.63. The van der Waals surface area contributed by atoms with E-state index >= 15 is 0 Å². The summed E-state index contributed by atoms with van der Waals surface area (Å²) in [4.78, 5) is 11.6. The number of benzene rings is 2. The number of sulfone groups is 1. The SMILES string of the molecule is CCNc1ccc(S(=O)(=O)C(F)(F)F)cc1NC(=S)NC(NC(=O)c1ccccc1Cl)C(Cl)(Cl)Cl. The predicted molar refractivity (Wildman–Crippen MR) is 136 cm³/mol. The molecule has 0 saturated heterocycles. The maximum absolute atomic E-state index is 13.0. The Balaban J connectivity index is 2.31. The van der Waals surface area contributed by atoms with Crippen molar-refractivity contribution in [3.8, 4) is 0 Å². The Morgan fingerprint density at radius 2 is 1.69 bits per heavy atom. The summed E-state index contributed by atoms with van der Waals surface area (Å²) in [6.07, 6.45) is -1.43. The number of anilines is 2. The van der Waals surface area contributed by atoms with Crippen molar-refractivity contribution >= 4 is 90.9 Å². The molecule has 0 saturated carbocycles. The molecule has 0 fully saturated rings. The van der Waals surface area contributed by atoms with Gasteiger partial charge in [0.25, 0.3) is 15.7 Å². The third-order valence-corrected chi connectivity index (χ3v) is 6.91. The highest BCUT2D eigenvalue weighted by atomic mass is 35.6. The van der Waals surface area contributed by atoms with Crippen LogP contribution in [0.5, 0.6) is 0 Å². The van der Waals surface area contributed by atoms with Gasteiger partial charge in [-0.05, 0) is 49.5 Å². The van der Waals surface area contributed by atoms with Gasteiger partial charge in [-0.1, -0.05) is 58.5 Å². The van der Waals surface area contributed by atoms with Gasteiger partial charge in [0.2, 0.25) is 3.79 Å². The van der Waals surface area contributed by atoms with Gasteiger partial charge in [0, 0.05) is 6.54 Å². The fourth-order valence-electron chi connectivity index (χ4n) is 2.62. The van der Waals surface area contributed by atoms with Gasteiger partial charge in [0.15, 0.2) is 5.11 Å². The predicted octanol–water partition coefficient (Wildman–Crippen LogP) is 5.48. The van der Waals surface area contributed by atoms with Gasteiger partial charge in [0.1, 0.15) is 6.17 Å². The molecule has 35 heavy (non-hydrogen) atoms. The van der Waals surface area contributed by atoms with Gasteiger partial charge in [-0.25, -0.2) is 8.42 Å². The minimum atomic E-state index is -5.63. The molecular formula is C19H17Cl4F3N4O3S2. The smallest absolute Gasteiger partial charge is 0.384 e. The van der Waals surface area contributed by atoms with Crippen LogP contribution in [0.2, 0.25) is 5.02 Å². The zero-order valence-electron chi connectivity index (χ0n) is 17.5. The number of amides is 1. The highest BCUT2D eigenvalue weighted by molar-refractivity contribution is 7.92. The van der Waals surface area contributed by atoms with E-state index in [4.69, 9.17) is 58.6 Å². The van der Waals surface area contributed by atoms with Crippen LogP contribution in [0.15, 0.2) is 47.4 Å². The van der Waals surface area contributed by atoms with Crippen LogP contribution in [0.1, 0.15) is 17.3 Å². The van der Waals surface area contributed by atoms with Crippen molar-refractivity contribution in [3.05, 3.63) is 53.1 Å². The van der Waals surface area contributed by atoms with Crippen LogP contribution in [0.4, 0.5) is 24.5 Å². The monoisotopic (exact) mass is 610 g/mol. The molecule has 0 spiro atoms. The molecule has 16 heteroatoms. The minimum absolute atomic E-state index is 0.0774. The number of carbonyl (C=O) groups excluding carboxylic acids is 1.